The molecule has 1 aromatic heterocycles. The lowest BCUT2D eigenvalue weighted by molar-refractivity contribution is -0.141. The fraction of sp³-hybridized carbons (Fsp3) is 0.455. The van der Waals surface area contributed by atoms with Crippen molar-refractivity contribution in [3.05, 3.63) is 29.1 Å². The van der Waals surface area contributed by atoms with Crippen molar-refractivity contribution in [3.8, 4) is 0 Å². The second-order valence-corrected chi connectivity index (χ2v) is 4.19. The quantitative estimate of drug-likeness (QED) is 0.849. The third-order valence-corrected chi connectivity index (χ3v) is 2.85. The molecule has 1 aromatic rings. The predicted octanol–water partition coefficient (Wildman–Crippen LogP) is 2.56. The van der Waals surface area contributed by atoms with Gasteiger partial charge >= 0.3 is 6.18 Å². The van der Waals surface area contributed by atoms with Crippen molar-refractivity contribution >= 4 is 17.5 Å². The number of aromatic nitrogens is 2. The number of hydrogen-bond acceptors (Lipinski definition) is 2. The summed E-state index contributed by atoms with van der Waals surface area (Å²) < 4.78 is 38.8. The summed E-state index contributed by atoms with van der Waals surface area (Å²) in [5.41, 5.74) is -0.941. The third-order valence-electron chi connectivity index (χ3n) is 2.40. The maximum absolute atomic E-state index is 12.6. The monoisotopic (exact) mass is 295 g/mol. The Morgan fingerprint density at radius 3 is 2.68 bits per heavy atom. The van der Waals surface area contributed by atoms with Crippen molar-refractivity contribution in [2.45, 2.75) is 26.1 Å². The maximum atomic E-state index is 12.6. The number of alkyl halides is 3. The molecule has 4 nitrogen and oxygen atoms in total. The summed E-state index contributed by atoms with van der Waals surface area (Å²) in [4.78, 5) is 11.3. The number of hydrogen-bond donors (Lipinski definition) is 1. The number of nitrogens with one attached hydrogen (secondary N) is 1. The highest BCUT2D eigenvalue weighted by Gasteiger charge is 2.38. The van der Waals surface area contributed by atoms with Crippen LogP contribution in [0.3, 0.4) is 0 Å². The van der Waals surface area contributed by atoms with Crippen molar-refractivity contribution < 1.29 is 18.0 Å². The third kappa shape index (κ3) is 3.99. The molecule has 1 N–H and O–H groups in total. The standard InChI is InChI=1S/C11H13ClF3N3O/c1-3-5-16-8(19)4-6-18-7(2)9(12)10(17-18)11(13,14)15/h3H,1,4-6H2,2H3,(H,16,19). The Hall–Kier alpha value is -1.50. The first-order valence-corrected chi connectivity index (χ1v) is 5.83. The van der Waals surface area contributed by atoms with Crippen LogP contribution in [0.25, 0.3) is 0 Å². The van der Waals surface area contributed by atoms with E-state index in [-0.39, 0.29) is 24.6 Å². The molecule has 19 heavy (non-hydrogen) atoms. The zero-order valence-electron chi connectivity index (χ0n) is 10.2. The first-order chi connectivity index (χ1) is 8.77. The van der Waals surface area contributed by atoms with Crippen LogP contribution in [-0.4, -0.2) is 22.2 Å². The van der Waals surface area contributed by atoms with Crippen molar-refractivity contribution in [2.24, 2.45) is 0 Å². The molecule has 1 amide bonds. The summed E-state index contributed by atoms with van der Waals surface area (Å²) in [6, 6.07) is 0. The molecule has 0 aliphatic heterocycles. The van der Waals surface area contributed by atoms with Gasteiger partial charge in [-0.3, -0.25) is 9.48 Å². The van der Waals surface area contributed by atoms with Gasteiger partial charge in [-0.2, -0.15) is 18.3 Å². The Kier molecular flexibility index (Phi) is 4.99. The molecule has 0 unspecified atom stereocenters. The number of carbonyl (C=O) groups is 1. The van der Waals surface area contributed by atoms with Gasteiger partial charge in [-0.1, -0.05) is 17.7 Å². The van der Waals surface area contributed by atoms with E-state index in [1.54, 1.807) is 0 Å². The largest absolute Gasteiger partial charge is 0.436 e. The molecule has 0 aliphatic carbocycles. The zero-order chi connectivity index (χ0) is 14.6. The van der Waals surface area contributed by atoms with Crippen molar-refractivity contribution in [2.75, 3.05) is 6.54 Å². The van der Waals surface area contributed by atoms with Gasteiger partial charge in [0.05, 0.1) is 17.3 Å². The SMILES string of the molecule is C=CCNC(=O)CCn1nc(C(F)(F)F)c(Cl)c1C. The van der Waals surface area contributed by atoms with Crippen LogP contribution in [0.4, 0.5) is 13.2 Å². The second kappa shape index (κ2) is 6.10. The Morgan fingerprint density at radius 1 is 1.58 bits per heavy atom. The molecule has 0 aliphatic rings. The lowest BCUT2D eigenvalue weighted by Gasteiger charge is -2.05. The second-order valence-electron chi connectivity index (χ2n) is 3.81. The Bertz CT molecular complexity index is 482. The van der Waals surface area contributed by atoms with Gasteiger partial charge < -0.3 is 5.32 Å². The van der Waals surface area contributed by atoms with E-state index in [4.69, 9.17) is 11.6 Å². The van der Waals surface area contributed by atoms with Gasteiger partial charge in [0.25, 0.3) is 0 Å². The van der Waals surface area contributed by atoms with E-state index in [1.165, 1.54) is 13.0 Å². The van der Waals surface area contributed by atoms with Crippen LogP contribution in [0.15, 0.2) is 12.7 Å². The number of carbonyl (C=O) groups excluding carboxylic acids is 1. The Balaban J connectivity index is 2.75. The maximum Gasteiger partial charge on any atom is 0.436 e. The van der Waals surface area contributed by atoms with Gasteiger partial charge in [0.15, 0.2) is 5.69 Å². The molecule has 106 valence electrons. The molecule has 0 bridgehead atoms. The molecule has 8 heteroatoms. The van der Waals surface area contributed by atoms with Crippen LogP contribution in [0.5, 0.6) is 0 Å². The molecule has 0 atom stereocenters. The molecular formula is C11H13ClF3N3O. The minimum absolute atomic E-state index is 0.0178. The first-order valence-electron chi connectivity index (χ1n) is 5.45. The lowest BCUT2D eigenvalue weighted by atomic mass is 10.3. The topological polar surface area (TPSA) is 46.9 Å². The summed E-state index contributed by atoms with van der Waals surface area (Å²) >= 11 is 5.58. The summed E-state index contributed by atoms with van der Waals surface area (Å²) in [7, 11) is 0. The lowest BCUT2D eigenvalue weighted by Crippen LogP contribution is -2.24. The van der Waals surface area contributed by atoms with Crippen LogP contribution in [0, 0.1) is 6.92 Å². The summed E-state index contributed by atoms with van der Waals surface area (Å²) in [6.45, 7) is 5.20. The Morgan fingerprint density at radius 2 is 2.21 bits per heavy atom. The van der Waals surface area contributed by atoms with E-state index in [0.29, 0.717) is 6.54 Å². The molecule has 0 saturated heterocycles. The molecule has 0 radical (unpaired) electrons. The van der Waals surface area contributed by atoms with E-state index in [1.807, 2.05) is 0 Å². The fourth-order valence-electron chi connectivity index (χ4n) is 1.40. The van der Waals surface area contributed by atoms with Crippen LogP contribution in [-0.2, 0) is 17.5 Å². The highest BCUT2D eigenvalue weighted by Crippen LogP contribution is 2.35. The minimum atomic E-state index is -4.60. The first kappa shape index (κ1) is 15.6. The predicted molar refractivity (Wildman–Crippen MR) is 64.8 cm³/mol. The smallest absolute Gasteiger partial charge is 0.353 e. The van der Waals surface area contributed by atoms with Crippen LogP contribution < -0.4 is 5.32 Å². The molecule has 0 fully saturated rings. The molecule has 1 heterocycles. The van der Waals surface area contributed by atoms with E-state index < -0.39 is 16.9 Å². The number of halogens is 4. The average Bonchev–Trinajstić information content (AvgIpc) is 2.61. The highest BCUT2D eigenvalue weighted by molar-refractivity contribution is 6.31. The number of rotatable bonds is 5. The van der Waals surface area contributed by atoms with Crippen molar-refractivity contribution in [3.63, 3.8) is 0 Å². The molecule has 0 saturated carbocycles. The average molecular weight is 296 g/mol. The van der Waals surface area contributed by atoms with Gasteiger partial charge in [0.2, 0.25) is 5.91 Å². The summed E-state index contributed by atoms with van der Waals surface area (Å²) in [5, 5.41) is 5.48. The zero-order valence-corrected chi connectivity index (χ0v) is 11.0. The molecule has 0 aromatic carbocycles. The molecular weight excluding hydrogens is 283 g/mol. The van der Waals surface area contributed by atoms with E-state index >= 15 is 0 Å². The van der Waals surface area contributed by atoms with E-state index in [9.17, 15) is 18.0 Å². The van der Waals surface area contributed by atoms with Crippen LogP contribution in [0.1, 0.15) is 17.8 Å². The van der Waals surface area contributed by atoms with Crippen LogP contribution in [0.2, 0.25) is 5.02 Å². The highest BCUT2D eigenvalue weighted by atomic mass is 35.5. The number of aryl methyl sites for hydroxylation is 1. The normalized spacial score (nSPS) is 11.4. The summed E-state index contributed by atoms with van der Waals surface area (Å²) in [6.07, 6.45) is -3.07. The van der Waals surface area contributed by atoms with Gasteiger partial charge in [0.1, 0.15) is 0 Å². The van der Waals surface area contributed by atoms with E-state index in [2.05, 4.69) is 17.0 Å². The van der Waals surface area contributed by atoms with E-state index in [0.717, 1.165) is 4.68 Å². The van der Waals surface area contributed by atoms with Crippen molar-refractivity contribution in [1.29, 1.82) is 0 Å². The van der Waals surface area contributed by atoms with Gasteiger partial charge in [-0.25, -0.2) is 0 Å². The van der Waals surface area contributed by atoms with Crippen LogP contribution >= 0.6 is 11.6 Å². The number of amides is 1. The van der Waals surface area contributed by atoms with Gasteiger partial charge in [-0.15, -0.1) is 6.58 Å². The van der Waals surface area contributed by atoms with Gasteiger partial charge in [0, 0.05) is 13.0 Å². The molecule has 0 spiro atoms. The summed E-state index contributed by atoms with van der Waals surface area (Å²) in [5.74, 6) is -0.292. The fourth-order valence-corrected chi connectivity index (χ4v) is 1.65. The minimum Gasteiger partial charge on any atom is -0.353 e. The molecule has 1 rings (SSSR count). The van der Waals surface area contributed by atoms with Gasteiger partial charge in [-0.05, 0) is 6.92 Å². The van der Waals surface area contributed by atoms with Crippen molar-refractivity contribution in [1.82, 2.24) is 15.1 Å². The number of nitrogens with zero attached hydrogens (tertiary/aromatic N) is 2. The Labute approximate surface area is 113 Å².